The summed E-state index contributed by atoms with van der Waals surface area (Å²) in [7, 11) is 1.64. The predicted octanol–water partition coefficient (Wildman–Crippen LogP) is 2.15. The summed E-state index contributed by atoms with van der Waals surface area (Å²) in [4.78, 5) is 0. The molecule has 0 spiro atoms. The van der Waals surface area contributed by atoms with Crippen LogP contribution in [0.15, 0.2) is 28.0 Å². The second kappa shape index (κ2) is 7.14. The molecule has 0 aliphatic heterocycles. The first kappa shape index (κ1) is 13.9. The molecule has 0 fully saturated rings. The number of benzene rings is 1. The van der Waals surface area contributed by atoms with E-state index < -0.39 is 0 Å². The molecular weight excluding hydrogens is 278 g/mol. The maximum atomic E-state index is 5.40. The molecule has 0 aliphatic rings. The van der Waals surface area contributed by atoms with Crippen LogP contribution in [0, 0.1) is 11.8 Å². The van der Waals surface area contributed by atoms with Crippen LogP contribution < -0.4 is 10.5 Å². The van der Waals surface area contributed by atoms with Crippen LogP contribution in [-0.4, -0.2) is 23.9 Å². The maximum absolute atomic E-state index is 5.40. The first-order valence-electron chi connectivity index (χ1n) is 5.58. The van der Waals surface area contributed by atoms with Crippen LogP contribution in [0.4, 0.5) is 0 Å². The third-order valence-corrected chi connectivity index (χ3v) is 4.22. The van der Waals surface area contributed by atoms with E-state index in [1.165, 1.54) is 16.9 Å². The summed E-state index contributed by atoms with van der Waals surface area (Å²) in [5.74, 6) is 7.47. The van der Waals surface area contributed by atoms with Crippen LogP contribution in [0.25, 0.3) is 0 Å². The Kier molecular flexibility index (Phi) is 5.21. The molecule has 4 nitrogen and oxygen atoms in total. The van der Waals surface area contributed by atoms with Gasteiger partial charge in [0.05, 0.1) is 19.2 Å². The van der Waals surface area contributed by atoms with Gasteiger partial charge in [0, 0.05) is 5.75 Å². The Bertz CT molecular complexity index is 588. The highest BCUT2D eigenvalue weighted by Gasteiger charge is 2.04. The summed E-state index contributed by atoms with van der Waals surface area (Å²) in [5, 5.41) is 7.81. The molecule has 1 heterocycles. The number of thioether (sulfide) groups is 1. The molecule has 0 saturated heterocycles. The van der Waals surface area contributed by atoms with E-state index >= 15 is 0 Å². The lowest BCUT2D eigenvalue weighted by Crippen LogP contribution is -1.94. The van der Waals surface area contributed by atoms with Gasteiger partial charge in [-0.15, -0.1) is 10.2 Å². The summed E-state index contributed by atoms with van der Waals surface area (Å²) < 4.78 is 6.24. The molecule has 0 amide bonds. The molecule has 1 aromatic carbocycles. The van der Waals surface area contributed by atoms with E-state index in [1.54, 1.807) is 24.4 Å². The summed E-state index contributed by atoms with van der Waals surface area (Å²) in [6.07, 6.45) is 0. The Morgan fingerprint density at radius 1 is 1.47 bits per heavy atom. The molecule has 2 aromatic rings. The number of ether oxygens (including phenoxy) is 1. The van der Waals surface area contributed by atoms with E-state index in [1.807, 2.05) is 18.2 Å². The Labute approximate surface area is 120 Å². The van der Waals surface area contributed by atoms with Gasteiger partial charge in [-0.25, -0.2) is 0 Å². The van der Waals surface area contributed by atoms with Gasteiger partial charge in [0.25, 0.3) is 0 Å². The van der Waals surface area contributed by atoms with Crippen LogP contribution in [0.1, 0.15) is 11.1 Å². The van der Waals surface area contributed by atoms with E-state index in [0.717, 1.165) is 21.4 Å². The Balaban J connectivity index is 2.13. The van der Waals surface area contributed by atoms with Crippen molar-refractivity contribution in [2.45, 2.75) is 10.1 Å². The second-order valence-electron chi connectivity index (χ2n) is 3.53. The van der Waals surface area contributed by atoms with Gasteiger partial charge in [0.2, 0.25) is 0 Å². The molecular formula is C13H13N3OS2. The third kappa shape index (κ3) is 3.96. The Morgan fingerprint density at radius 3 is 3.05 bits per heavy atom. The molecule has 2 rings (SSSR count). The quantitative estimate of drug-likeness (QED) is 0.691. The smallest absolute Gasteiger partial charge is 0.174 e. The van der Waals surface area contributed by atoms with Crippen molar-refractivity contribution in [2.75, 3.05) is 13.7 Å². The number of aromatic nitrogens is 2. The highest BCUT2D eigenvalue weighted by molar-refractivity contribution is 8.00. The lowest BCUT2D eigenvalue weighted by atomic mass is 10.1. The van der Waals surface area contributed by atoms with Crippen LogP contribution in [0.5, 0.6) is 5.75 Å². The van der Waals surface area contributed by atoms with Crippen molar-refractivity contribution in [3.8, 4) is 17.6 Å². The molecule has 0 saturated carbocycles. The van der Waals surface area contributed by atoms with Crippen molar-refractivity contribution in [3.63, 3.8) is 0 Å². The number of nitrogens with two attached hydrogens (primary N) is 1. The first-order chi connectivity index (χ1) is 9.33. The van der Waals surface area contributed by atoms with E-state index in [-0.39, 0.29) is 0 Å². The second-order valence-corrected chi connectivity index (χ2v) is 5.59. The zero-order chi connectivity index (χ0) is 13.5. The van der Waals surface area contributed by atoms with Crippen molar-refractivity contribution in [3.05, 3.63) is 34.8 Å². The van der Waals surface area contributed by atoms with E-state index in [4.69, 9.17) is 10.5 Å². The molecule has 0 aliphatic carbocycles. The molecule has 1 aromatic heterocycles. The zero-order valence-corrected chi connectivity index (χ0v) is 12.1. The van der Waals surface area contributed by atoms with Crippen LogP contribution >= 0.6 is 23.1 Å². The molecule has 6 heteroatoms. The van der Waals surface area contributed by atoms with E-state index in [0.29, 0.717) is 6.54 Å². The maximum Gasteiger partial charge on any atom is 0.174 e. The summed E-state index contributed by atoms with van der Waals surface area (Å²) in [6, 6.07) is 5.98. The fourth-order valence-corrected chi connectivity index (χ4v) is 2.89. The van der Waals surface area contributed by atoms with Gasteiger partial charge >= 0.3 is 0 Å². The normalized spacial score (nSPS) is 9.79. The van der Waals surface area contributed by atoms with Crippen molar-refractivity contribution < 1.29 is 4.74 Å². The van der Waals surface area contributed by atoms with Gasteiger partial charge in [0.15, 0.2) is 4.34 Å². The Morgan fingerprint density at radius 2 is 2.37 bits per heavy atom. The summed E-state index contributed by atoms with van der Waals surface area (Å²) in [6.45, 7) is 0.340. The average molecular weight is 291 g/mol. The van der Waals surface area contributed by atoms with Crippen LogP contribution in [0.2, 0.25) is 0 Å². The molecule has 19 heavy (non-hydrogen) atoms. The van der Waals surface area contributed by atoms with Crippen molar-refractivity contribution in [1.82, 2.24) is 10.2 Å². The van der Waals surface area contributed by atoms with Crippen LogP contribution in [-0.2, 0) is 5.75 Å². The van der Waals surface area contributed by atoms with Gasteiger partial charge < -0.3 is 10.5 Å². The zero-order valence-electron chi connectivity index (χ0n) is 10.4. The molecule has 0 unspecified atom stereocenters. The standard InChI is InChI=1S/C13H13N3OS2/c1-17-12-5-4-10(7-11(12)3-2-6-14)8-18-13-16-15-9-19-13/h4-5,7,9H,6,8,14H2,1H3. The fourth-order valence-electron chi connectivity index (χ4n) is 1.46. The van der Waals surface area contributed by atoms with Gasteiger partial charge in [0.1, 0.15) is 11.3 Å². The molecule has 0 bridgehead atoms. The van der Waals surface area contributed by atoms with E-state index in [2.05, 4.69) is 22.0 Å². The first-order valence-corrected chi connectivity index (χ1v) is 7.45. The number of hydrogen-bond acceptors (Lipinski definition) is 6. The van der Waals surface area contributed by atoms with Crippen molar-refractivity contribution >= 4 is 23.1 Å². The van der Waals surface area contributed by atoms with Gasteiger partial charge in [-0.1, -0.05) is 41.0 Å². The van der Waals surface area contributed by atoms with Gasteiger partial charge in [-0.2, -0.15) is 0 Å². The average Bonchev–Trinajstić information content (AvgIpc) is 2.96. The minimum Gasteiger partial charge on any atom is -0.495 e. The minimum atomic E-state index is 0.340. The number of nitrogens with zero attached hydrogens (tertiary/aromatic N) is 2. The van der Waals surface area contributed by atoms with Crippen molar-refractivity contribution in [2.24, 2.45) is 5.73 Å². The highest BCUT2D eigenvalue weighted by Crippen LogP contribution is 2.26. The lowest BCUT2D eigenvalue weighted by molar-refractivity contribution is 0.413. The molecule has 98 valence electrons. The highest BCUT2D eigenvalue weighted by atomic mass is 32.2. The van der Waals surface area contributed by atoms with Crippen LogP contribution in [0.3, 0.4) is 0 Å². The SMILES string of the molecule is COc1ccc(CSc2nncs2)cc1C#CCN. The largest absolute Gasteiger partial charge is 0.495 e. The predicted molar refractivity (Wildman–Crippen MR) is 78.4 cm³/mol. The Hall–Kier alpha value is -1.55. The third-order valence-electron chi connectivity index (χ3n) is 2.29. The number of rotatable bonds is 4. The molecule has 2 N–H and O–H groups in total. The molecule has 0 atom stereocenters. The topological polar surface area (TPSA) is 61.0 Å². The van der Waals surface area contributed by atoms with Crippen molar-refractivity contribution in [1.29, 1.82) is 0 Å². The number of hydrogen-bond donors (Lipinski definition) is 1. The van der Waals surface area contributed by atoms with Gasteiger partial charge in [-0.3, -0.25) is 0 Å². The lowest BCUT2D eigenvalue weighted by Gasteiger charge is -2.05. The molecule has 0 radical (unpaired) electrons. The monoisotopic (exact) mass is 291 g/mol. The summed E-state index contributed by atoms with van der Waals surface area (Å²) >= 11 is 3.20. The minimum absolute atomic E-state index is 0.340. The summed E-state index contributed by atoms with van der Waals surface area (Å²) in [5.41, 5.74) is 9.16. The van der Waals surface area contributed by atoms with E-state index in [9.17, 15) is 0 Å². The fraction of sp³-hybridized carbons (Fsp3) is 0.231. The van der Waals surface area contributed by atoms with Gasteiger partial charge in [-0.05, 0) is 17.7 Å². The number of methoxy groups -OCH3 is 1.